The highest BCUT2D eigenvalue weighted by Crippen LogP contribution is 2.20. The molecule has 3 aromatic rings. The Morgan fingerprint density at radius 2 is 1.60 bits per heavy atom. The molecule has 0 aliphatic rings. The van der Waals surface area contributed by atoms with E-state index < -0.39 is 0 Å². The topological polar surface area (TPSA) is 61.8 Å². The highest BCUT2D eigenvalue weighted by Gasteiger charge is 2.05. The lowest BCUT2D eigenvalue weighted by Gasteiger charge is -2.04. The van der Waals surface area contributed by atoms with E-state index in [1.54, 1.807) is 6.07 Å². The van der Waals surface area contributed by atoms with Crippen LogP contribution in [0, 0.1) is 0 Å². The Hall–Kier alpha value is -2.36. The quantitative estimate of drug-likeness (QED) is 0.698. The Labute approximate surface area is 117 Å². The Bertz CT molecular complexity index is 706. The predicted molar refractivity (Wildman–Crippen MR) is 78.6 cm³/mol. The standard InChI is InChI=1S/C16H17N3O/c20-15-11-4-3-7-12(15)6-1-2-8-13-9-5-10-14-16(13)18-19-17-14/h3-5,7,9-11,20H,1-2,6,8H2,(H,17,18,19). The number of unbranched alkanes of at least 4 members (excludes halogenated alkanes) is 1. The van der Waals surface area contributed by atoms with E-state index in [2.05, 4.69) is 21.5 Å². The minimum absolute atomic E-state index is 0.395. The fraction of sp³-hybridized carbons (Fsp3) is 0.250. The van der Waals surface area contributed by atoms with Crippen LogP contribution in [-0.4, -0.2) is 20.5 Å². The molecule has 4 nitrogen and oxygen atoms in total. The molecule has 102 valence electrons. The van der Waals surface area contributed by atoms with Crippen molar-refractivity contribution >= 4 is 11.0 Å². The van der Waals surface area contributed by atoms with E-state index in [1.165, 1.54) is 5.56 Å². The van der Waals surface area contributed by atoms with Crippen LogP contribution in [-0.2, 0) is 12.8 Å². The summed E-state index contributed by atoms with van der Waals surface area (Å²) < 4.78 is 0. The van der Waals surface area contributed by atoms with Gasteiger partial charge in [0, 0.05) is 0 Å². The van der Waals surface area contributed by atoms with E-state index in [4.69, 9.17) is 0 Å². The number of nitrogens with zero attached hydrogens (tertiary/aromatic N) is 2. The van der Waals surface area contributed by atoms with Gasteiger partial charge in [0.15, 0.2) is 0 Å². The van der Waals surface area contributed by atoms with Crippen LogP contribution in [0.2, 0.25) is 0 Å². The maximum atomic E-state index is 9.72. The van der Waals surface area contributed by atoms with Crippen LogP contribution in [0.15, 0.2) is 42.5 Å². The van der Waals surface area contributed by atoms with Gasteiger partial charge in [-0.1, -0.05) is 30.3 Å². The van der Waals surface area contributed by atoms with Crippen molar-refractivity contribution < 1.29 is 5.11 Å². The SMILES string of the molecule is Oc1ccccc1CCCCc1cccc2n[nH]nc12. The van der Waals surface area contributed by atoms with Crippen molar-refractivity contribution in [3.63, 3.8) is 0 Å². The molecular formula is C16H17N3O. The van der Waals surface area contributed by atoms with Crippen molar-refractivity contribution in [2.75, 3.05) is 0 Å². The molecule has 2 N–H and O–H groups in total. The van der Waals surface area contributed by atoms with Gasteiger partial charge >= 0.3 is 0 Å². The lowest BCUT2D eigenvalue weighted by atomic mass is 10.0. The van der Waals surface area contributed by atoms with Gasteiger partial charge in [0.25, 0.3) is 0 Å². The molecule has 0 spiro atoms. The van der Waals surface area contributed by atoms with E-state index in [0.717, 1.165) is 42.3 Å². The van der Waals surface area contributed by atoms with E-state index in [0.29, 0.717) is 5.75 Å². The molecular weight excluding hydrogens is 250 g/mol. The van der Waals surface area contributed by atoms with Crippen molar-refractivity contribution in [3.8, 4) is 5.75 Å². The summed E-state index contributed by atoms with van der Waals surface area (Å²) in [6.07, 6.45) is 4.01. The molecule has 0 radical (unpaired) electrons. The molecule has 0 unspecified atom stereocenters. The Kier molecular flexibility index (Phi) is 3.63. The third-order valence-electron chi connectivity index (χ3n) is 3.56. The number of para-hydroxylation sites is 2. The number of hydrogen-bond acceptors (Lipinski definition) is 3. The molecule has 0 saturated carbocycles. The van der Waals surface area contributed by atoms with Gasteiger partial charge < -0.3 is 5.11 Å². The first-order valence-corrected chi connectivity index (χ1v) is 6.90. The average molecular weight is 267 g/mol. The number of aromatic nitrogens is 3. The van der Waals surface area contributed by atoms with Gasteiger partial charge in [0.05, 0.1) is 0 Å². The largest absolute Gasteiger partial charge is 0.508 e. The normalized spacial score (nSPS) is 11.0. The summed E-state index contributed by atoms with van der Waals surface area (Å²) in [5.41, 5.74) is 4.14. The number of phenols is 1. The third-order valence-corrected chi connectivity index (χ3v) is 3.56. The Morgan fingerprint density at radius 1 is 0.850 bits per heavy atom. The van der Waals surface area contributed by atoms with Crippen LogP contribution >= 0.6 is 0 Å². The van der Waals surface area contributed by atoms with E-state index in [-0.39, 0.29) is 0 Å². The number of aromatic hydroxyl groups is 1. The second kappa shape index (κ2) is 5.74. The molecule has 0 fully saturated rings. The third kappa shape index (κ3) is 2.64. The molecule has 1 heterocycles. The van der Waals surface area contributed by atoms with Crippen LogP contribution in [0.5, 0.6) is 5.75 Å². The smallest absolute Gasteiger partial charge is 0.118 e. The number of nitrogens with one attached hydrogen (secondary N) is 1. The van der Waals surface area contributed by atoms with Crippen molar-refractivity contribution in [1.82, 2.24) is 15.4 Å². The second-order valence-corrected chi connectivity index (χ2v) is 4.94. The molecule has 0 bridgehead atoms. The maximum Gasteiger partial charge on any atom is 0.118 e. The number of hydrogen-bond donors (Lipinski definition) is 2. The Morgan fingerprint density at radius 3 is 2.45 bits per heavy atom. The zero-order chi connectivity index (χ0) is 13.8. The second-order valence-electron chi connectivity index (χ2n) is 4.94. The van der Waals surface area contributed by atoms with Crippen LogP contribution < -0.4 is 0 Å². The van der Waals surface area contributed by atoms with E-state index in [9.17, 15) is 5.11 Å². The minimum Gasteiger partial charge on any atom is -0.508 e. The molecule has 20 heavy (non-hydrogen) atoms. The summed E-state index contributed by atoms with van der Waals surface area (Å²) in [6.45, 7) is 0. The first-order chi connectivity index (χ1) is 9.84. The molecule has 0 amide bonds. The summed E-state index contributed by atoms with van der Waals surface area (Å²) in [5, 5.41) is 20.7. The Balaban J connectivity index is 1.58. The molecule has 3 rings (SSSR count). The van der Waals surface area contributed by atoms with Crippen molar-refractivity contribution in [3.05, 3.63) is 53.6 Å². The van der Waals surface area contributed by atoms with Gasteiger partial charge in [-0.2, -0.15) is 15.4 Å². The fourth-order valence-corrected chi connectivity index (χ4v) is 2.48. The lowest BCUT2D eigenvalue weighted by Crippen LogP contribution is -1.91. The van der Waals surface area contributed by atoms with Crippen molar-refractivity contribution in [2.45, 2.75) is 25.7 Å². The molecule has 1 aromatic heterocycles. The van der Waals surface area contributed by atoms with Crippen LogP contribution in [0.3, 0.4) is 0 Å². The van der Waals surface area contributed by atoms with Crippen LogP contribution in [0.1, 0.15) is 24.0 Å². The monoisotopic (exact) mass is 267 g/mol. The van der Waals surface area contributed by atoms with Crippen LogP contribution in [0.25, 0.3) is 11.0 Å². The minimum atomic E-state index is 0.395. The number of rotatable bonds is 5. The molecule has 0 atom stereocenters. The van der Waals surface area contributed by atoms with Gasteiger partial charge in [-0.05, 0) is 48.9 Å². The van der Waals surface area contributed by atoms with Crippen molar-refractivity contribution in [2.24, 2.45) is 0 Å². The first-order valence-electron chi connectivity index (χ1n) is 6.90. The van der Waals surface area contributed by atoms with Gasteiger partial charge in [-0.25, -0.2) is 0 Å². The van der Waals surface area contributed by atoms with Gasteiger partial charge in [-0.15, -0.1) is 0 Å². The van der Waals surface area contributed by atoms with Gasteiger partial charge in [0.2, 0.25) is 0 Å². The van der Waals surface area contributed by atoms with E-state index >= 15 is 0 Å². The maximum absolute atomic E-state index is 9.72. The molecule has 4 heteroatoms. The highest BCUT2D eigenvalue weighted by molar-refractivity contribution is 5.77. The molecule has 0 saturated heterocycles. The summed E-state index contributed by atoms with van der Waals surface area (Å²) in [7, 11) is 0. The average Bonchev–Trinajstić information content (AvgIpc) is 2.94. The zero-order valence-corrected chi connectivity index (χ0v) is 11.2. The summed E-state index contributed by atoms with van der Waals surface area (Å²) >= 11 is 0. The van der Waals surface area contributed by atoms with Gasteiger partial charge in [-0.3, -0.25) is 0 Å². The van der Waals surface area contributed by atoms with Gasteiger partial charge in [0.1, 0.15) is 16.8 Å². The highest BCUT2D eigenvalue weighted by atomic mass is 16.3. The summed E-state index contributed by atoms with van der Waals surface area (Å²) in [5.74, 6) is 0.395. The molecule has 0 aliphatic heterocycles. The number of phenolic OH excluding ortho intramolecular Hbond substituents is 1. The van der Waals surface area contributed by atoms with Crippen molar-refractivity contribution in [1.29, 1.82) is 0 Å². The lowest BCUT2D eigenvalue weighted by molar-refractivity contribution is 0.466. The summed E-state index contributed by atoms with van der Waals surface area (Å²) in [4.78, 5) is 0. The number of H-pyrrole nitrogens is 1. The van der Waals surface area contributed by atoms with Crippen LogP contribution in [0.4, 0.5) is 0 Å². The first kappa shape index (κ1) is 12.7. The fourth-order valence-electron chi connectivity index (χ4n) is 2.48. The summed E-state index contributed by atoms with van der Waals surface area (Å²) in [6, 6.07) is 13.6. The number of benzene rings is 2. The zero-order valence-electron chi connectivity index (χ0n) is 11.2. The predicted octanol–water partition coefficient (Wildman–Crippen LogP) is 3.23. The molecule has 0 aliphatic carbocycles. The number of aryl methyl sites for hydroxylation is 2. The van der Waals surface area contributed by atoms with E-state index in [1.807, 2.05) is 30.3 Å². The number of fused-ring (bicyclic) bond motifs is 1. The number of aromatic amines is 1. The molecule has 2 aromatic carbocycles.